The maximum absolute atomic E-state index is 5.37. The molecular formula is C13H16N2O. The van der Waals surface area contributed by atoms with E-state index < -0.39 is 0 Å². The third-order valence-electron chi connectivity index (χ3n) is 3.26. The molecule has 3 rings (SSSR count). The minimum Gasteiger partial charge on any atom is -0.381 e. The quantitative estimate of drug-likeness (QED) is 0.796. The highest BCUT2D eigenvalue weighted by Gasteiger charge is 2.18. The van der Waals surface area contributed by atoms with Crippen LogP contribution >= 0.6 is 0 Å². The molecule has 0 spiro atoms. The van der Waals surface area contributed by atoms with E-state index >= 15 is 0 Å². The normalized spacial score (nSPS) is 18.1. The van der Waals surface area contributed by atoms with Crippen molar-refractivity contribution in [3.63, 3.8) is 0 Å². The van der Waals surface area contributed by atoms with Crippen LogP contribution in [0.5, 0.6) is 0 Å². The van der Waals surface area contributed by atoms with Crippen LogP contribution in [0.2, 0.25) is 0 Å². The Balaban J connectivity index is 1.97. The molecule has 3 heteroatoms. The van der Waals surface area contributed by atoms with Crippen molar-refractivity contribution >= 4 is 11.0 Å². The van der Waals surface area contributed by atoms with Gasteiger partial charge in [0.05, 0.1) is 11.0 Å². The Morgan fingerprint density at radius 3 is 2.94 bits per heavy atom. The molecule has 0 radical (unpaired) electrons. The smallest absolute Gasteiger partial charge is 0.110 e. The number of ether oxygens (including phenoxy) is 1. The molecule has 1 aliphatic heterocycles. The molecule has 0 aliphatic carbocycles. The van der Waals surface area contributed by atoms with Crippen LogP contribution in [-0.2, 0) is 4.74 Å². The zero-order valence-corrected chi connectivity index (χ0v) is 9.49. The maximum atomic E-state index is 5.37. The molecule has 1 aliphatic rings. The van der Waals surface area contributed by atoms with Crippen LogP contribution in [0.1, 0.15) is 30.1 Å². The molecule has 1 saturated heterocycles. The van der Waals surface area contributed by atoms with E-state index in [0.29, 0.717) is 5.92 Å². The average molecular weight is 216 g/mol. The summed E-state index contributed by atoms with van der Waals surface area (Å²) in [6.07, 6.45) is 2.16. The molecular weight excluding hydrogens is 200 g/mol. The molecule has 1 fully saturated rings. The summed E-state index contributed by atoms with van der Waals surface area (Å²) in [6.45, 7) is 3.83. The van der Waals surface area contributed by atoms with Crippen molar-refractivity contribution in [2.24, 2.45) is 0 Å². The molecule has 0 atom stereocenters. The second-order valence-electron chi connectivity index (χ2n) is 4.53. The Morgan fingerprint density at radius 2 is 2.12 bits per heavy atom. The zero-order chi connectivity index (χ0) is 11.0. The van der Waals surface area contributed by atoms with Crippen molar-refractivity contribution in [3.8, 4) is 0 Å². The first-order chi connectivity index (χ1) is 7.83. The van der Waals surface area contributed by atoms with Crippen LogP contribution in [0.3, 0.4) is 0 Å². The first-order valence-corrected chi connectivity index (χ1v) is 5.87. The van der Waals surface area contributed by atoms with E-state index in [4.69, 9.17) is 4.74 Å². The zero-order valence-electron chi connectivity index (χ0n) is 9.49. The minimum atomic E-state index is 0.543. The number of hydrogen-bond donors (Lipinski definition) is 1. The third-order valence-corrected chi connectivity index (χ3v) is 3.26. The summed E-state index contributed by atoms with van der Waals surface area (Å²) >= 11 is 0. The Hall–Kier alpha value is -1.35. The Kier molecular flexibility index (Phi) is 2.40. The van der Waals surface area contributed by atoms with Crippen LogP contribution in [0.4, 0.5) is 0 Å². The van der Waals surface area contributed by atoms with Gasteiger partial charge in [0.15, 0.2) is 0 Å². The second kappa shape index (κ2) is 3.91. The standard InChI is InChI=1S/C13H16N2O/c1-9-2-3-11-12(8-9)15-13(14-11)10-4-6-16-7-5-10/h2-3,8,10H,4-7H2,1H3,(H,14,15). The van der Waals surface area contributed by atoms with Crippen molar-refractivity contribution in [1.82, 2.24) is 9.97 Å². The number of benzene rings is 1. The highest BCUT2D eigenvalue weighted by molar-refractivity contribution is 5.75. The number of imidazole rings is 1. The largest absolute Gasteiger partial charge is 0.381 e. The number of H-pyrrole nitrogens is 1. The number of rotatable bonds is 1. The van der Waals surface area contributed by atoms with Crippen molar-refractivity contribution in [2.75, 3.05) is 13.2 Å². The van der Waals surface area contributed by atoms with E-state index in [1.54, 1.807) is 0 Å². The van der Waals surface area contributed by atoms with Gasteiger partial charge in [0.1, 0.15) is 5.82 Å². The molecule has 0 amide bonds. The van der Waals surface area contributed by atoms with Crippen LogP contribution in [0, 0.1) is 6.92 Å². The molecule has 0 saturated carbocycles. The molecule has 0 bridgehead atoms. The first kappa shape index (κ1) is 9.85. The molecule has 1 aromatic carbocycles. The first-order valence-electron chi connectivity index (χ1n) is 5.87. The van der Waals surface area contributed by atoms with Crippen LogP contribution in [-0.4, -0.2) is 23.2 Å². The molecule has 84 valence electrons. The highest BCUT2D eigenvalue weighted by atomic mass is 16.5. The summed E-state index contributed by atoms with van der Waals surface area (Å²) in [5.74, 6) is 1.67. The SMILES string of the molecule is Cc1ccc2nc(C3CCOCC3)[nH]c2c1. The van der Waals surface area contributed by atoms with Gasteiger partial charge >= 0.3 is 0 Å². The van der Waals surface area contributed by atoms with E-state index in [0.717, 1.165) is 42.9 Å². The lowest BCUT2D eigenvalue weighted by molar-refractivity contribution is 0.0838. The van der Waals surface area contributed by atoms with Crippen molar-refractivity contribution in [3.05, 3.63) is 29.6 Å². The molecule has 3 nitrogen and oxygen atoms in total. The van der Waals surface area contributed by atoms with Crippen LogP contribution < -0.4 is 0 Å². The van der Waals surface area contributed by atoms with Crippen molar-refractivity contribution in [2.45, 2.75) is 25.7 Å². The highest BCUT2D eigenvalue weighted by Crippen LogP contribution is 2.26. The number of fused-ring (bicyclic) bond motifs is 1. The van der Waals surface area contributed by atoms with Gasteiger partial charge < -0.3 is 9.72 Å². The topological polar surface area (TPSA) is 37.9 Å². The summed E-state index contributed by atoms with van der Waals surface area (Å²) in [5.41, 5.74) is 3.50. The van der Waals surface area contributed by atoms with Gasteiger partial charge in [-0.25, -0.2) is 4.98 Å². The fourth-order valence-corrected chi connectivity index (χ4v) is 2.31. The molecule has 16 heavy (non-hydrogen) atoms. The van der Waals surface area contributed by atoms with Gasteiger partial charge in [0.2, 0.25) is 0 Å². The van der Waals surface area contributed by atoms with Gasteiger partial charge in [0.25, 0.3) is 0 Å². The fourth-order valence-electron chi connectivity index (χ4n) is 2.31. The van der Waals surface area contributed by atoms with Crippen molar-refractivity contribution in [1.29, 1.82) is 0 Å². The number of aromatic nitrogens is 2. The van der Waals surface area contributed by atoms with Crippen LogP contribution in [0.25, 0.3) is 11.0 Å². The van der Waals surface area contributed by atoms with E-state index in [2.05, 4.69) is 35.1 Å². The fraction of sp³-hybridized carbons (Fsp3) is 0.462. The van der Waals surface area contributed by atoms with Crippen molar-refractivity contribution < 1.29 is 4.74 Å². The number of aromatic amines is 1. The summed E-state index contributed by atoms with van der Waals surface area (Å²) in [4.78, 5) is 8.11. The lowest BCUT2D eigenvalue weighted by Crippen LogP contribution is -2.15. The average Bonchev–Trinajstić information content (AvgIpc) is 2.73. The number of hydrogen-bond acceptors (Lipinski definition) is 2. The van der Waals surface area contributed by atoms with Gasteiger partial charge in [-0.3, -0.25) is 0 Å². The predicted octanol–water partition coefficient (Wildman–Crippen LogP) is 2.77. The number of aryl methyl sites for hydroxylation is 1. The molecule has 0 unspecified atom stereocenters. The maximum Gasteiger partial charge on any atom is 0.110 e. The molecule has 2 heterocycles. The predicted molar refractivity (Wildman–Crippen MR) is 63.6 cm³/mol. The van der Waals surface area contributed by atoms with E-state index in [9.17, 15) is 0 Å². The molecule has 2 aromatic rings. The van der Waals surface area contributed by atoms with E-state index in [-0.39, 0.29) is 0 Å². The van der Waals surface area contributed by atoms with Gasteiger partial charge in [-0.15, -0.1) is 0 Å². The summed E-state index contributed by atoms with van der Waals surface area (Å²) in [5, 5.41) is 0. The lowest BCUT2D eigenvalue weighted by atomic mass is 10.00. The Bertz CT molecular complexity index is 498. The van der Waals surface area contributed by atoms with E-state index in [1.165, 1.54) is 5.56 Å². The monoisotopic (exact) mass is 216 g/mol. The van der Waals surface area contributed by atoms with Gasteiger partial charge in [-0.05, 0) is 37.5 Å². The summed E-state index contributed by atoms with van der Waals surface area (Å²) in [7, 11) is 0. The Morgan fingerprint density at radius 1 is 1.31 bits per heavy atom. The number of nitrogens with zero attached hydrogens (tertiary/aromatic N) is 1. The lowest BCUT2D eigenvalue weighted by Gasteiger charge is -2.19. The summed E-state index contributed by atoms with van der Waals surface area (Å²) in [6, 6.07) is 6.35. The van der Waals surface area contributed by atoms with Gasteiger partial charge in [-0.2, -0.15) is 0 Å². The minimum absolute atomic E-state index is 0.543. The van der Waals surface area contributed by atoms with Gasteiger partial charge in [0, 0.05) is 19.1 Å². The second-order valence-corrected chi connectivity index (χ2v) is 4.53. The van der Waals surface area contributed by atoms with Crippen LogP contribution in [0.15, 0.2) is 18.2 Å². The third kappa shape index (κ3) is 1.71. The Labute approximate surface area is 94.8 Å². The summed E-state index contributed by atoms with van der Waals surface area (Å²) < 4.78 is 5.37. The van der Waals surface area contributed by atoms with Gasteiger partial charge in [-0.1, -0.05) is 6.07 Å². The number of nitrogens with one attached hydrogen (secondary N) is 1. The molecule has 1 aromatic heterocycles. The molecule has 1 N–H and O–H groups in total. The van der Waals surface area contributed by atoms with E-state index in [1.807, 2.05) is 0 Å².